The van der Waals surface area contributed by atoms with E-state index in [0.717, 1.165) is 0 Å². The lowest BCUT2D eigenvalue weighted by atomic mass is 9.78. The number of rotatable bonds is 2. The van der Waals surface area contributed by atoms with Crippen LogP contribution in [0, 0.1) is 6.92 Å². The van der Waals surface area contributed by atoms with Crippen LogP contribution in [-0.2, 0) is 5.41 Å². The van der Waals surface area contributed by atoms with Gasteiger partial charge in [0.15, 0.2) is 0 Å². The molecule has 1 aromatic heterocycles. The number of aromatic nitrogens is 1. The summed E-state index contributed by atoms with van der Waals surface area (Å²) in [6.07, 6.45) is 4.00. The predicted molar refractivity (Wildman–Crippen MR) is 98.5 cm³/mol. The molecule has 0 aliphatic rings. The van der Waals surface area contributed by atoms with Gasteiger partial charge in [-0.15, -0.1) is 0 Å². The van der Waals surface area contributed by atoms with Crippen molar-refractivity contribution in [3.8, 4) is 22.3 Å². The van der Waals surface area contributed by atoms with Crippen LogP contribution in [0.1, 0.15) is 31.9 Å². The lowest BCUT2D eigenvalue weighted by Gasteiger charge is -2.26. The van der Waals surface area contributed by atoms with Crippen LogP contribution >= 0.6 is 0 Å². The Bertz CT molecular complexity index is 811. The van der Waals surface area contributed by atoms with E-state index in [0.29, 0.717) is 0 Å². The highest BCUT2D eigenvalue weighted by atomic mass is 14.6. The first kappa shape index (κ1) is 15.5. The van der Waals surface area contributed by atoms with E-state index in [2.05, 4.69) is 87.3 Å². The summed E-state index contributed by atoms with van der Waals surface area (Å²) in [4.78, 5) is 4.54. The van der Waals surface area contributed by atoms with Crippen LogP contribution in [0.15, 0.2) is 67.0 Å². The van der Waals surface area contributed by atoms with Crippen molar-refractivity contribution in [1.82, 2.24) is 4.98 Å². The molecule has 0 amide bonds. The minimum absolute atomic E-state index is 0.0349. The third-order valence-corrected chi connectivity index (χ3v) is 4.11. The Morgan fingerprint density at radius 1 is 0.739 bits per heavy atom. The number of benzene rings is 2. The molecule has 0 atom stereocenters. The molecule has 1 heterocycles. The number of pyridine rings is 1. The Morgan fingerprint density at radius 3 is 1.96 bits per heavy atom. The van der Waals surface area contributed by atoms with Crippen LogP contribution in [0.5, 0.6) is 0 Å². The molecule has 0 radical (unpaired) electrons. The first-order valence-electron chi connectivity index (χ1n) is 8.08. The summed E-state index contributed by atoms with van der Waals surface area (Å²) in [5, 5.41) is 0. The summed E-state index contributed by atoms with van der Waals surface area (Å²) < 4.78 is 0. The maximum absolute atomic E-state index is 4.54. The van der Waals surface area contributed by atoms with Gasteiger partial charge in [0.1, 0.15) is 0 Å². The van der Waals surface area contributed by atoms with Gasteiger partial charge in [-0.1, -0.05) is 80.9 Å². The van der Waals surface area contributed by atoms with E-state index in [1.807, 2.05) is 12.4 Å². The second-order valence-corrected chi connectivity index (χ2v) is 7.10. The van der Waals surface area contributed by atoms with Crippen molar-refractivity contribution in [3.63, 3.8) is 0 Å². The van der Waals surface area contributed by atoms with Gasteiger partial charge in [-0.2, -0.15) is 0 Å². The molecule has 2 aromatic carbocycles. The van der Waals surface area contributed by atoms with Crippen LogP contribution in [0.4, 0.5) is 0 Å². The zero-order chi connectivity index (χ0) is 16.4. The molecule has 0 aliphatic carbocycles. The van der Waals surface area contributed by atoms with Crippen LogP contribution in [0.3, 0.4) is 0 Å². The molecule has 116 valence electrons. The Hall–Kier alpha value is -2.41. The van der Waals surface area contributed by atoms with Gasteiger partial charge in [0.25, 0.3) is 0 Å². The average Bonchev–Trinajstić information content (AvgIpc) is 2.54. The molecule has 3 aromatic rings. The second-order valence-electron chi connectivity index (χ2n) is 7.10. The molecule has 0 aliphatic heterocycles. The Morgan fingerprint density at radius 2 is 1.35 bits per heavy atom. The van der Waals surface area contributed by atoms with E-state index in [4.69, 9.17) is 0 Å². The first-order valence-corrected chi connectivity index (χ1v) is 8.08. The summed E-state index contributed by atoms with van der Waals surface area (Å²) in [6.45, 7) is 8.95. The van der Waals surface area contributed by atoms with Crippen molar-refractivity contribution < 1.29 is 0 Å². The van der Waals surface area contributed by atoms with E-state index in [-0.39, 0.29) is 5.41 Å². The maximum atomic E-state index is 4.54. The molecule has 0 N–H and O–H groups in total. The highest BCUT2D eigenvalue weighted by molar-refractivity contribution is 5.79. The largest absolute Gasteiger partial charge is 0.263 e. The Kier molecular flexibility index (Phi) is 4.04. The molecule has 0 bridgehead atoms. The van der Waals surface area contributed by atoms with Gasteiger partial charge in [-0.3, -0.25) is 4.98 Å². The molecule has 0 fully saturated rings. The van der Waals surface area contributed by atoms with Crippen molar-refractivity contribution in [2.24, 2.45) is 0 Å². The molecular formula is C22H23N. The molecule has 23 heavy (non-hydrogen) atoms. The van der Waals surface area contributed by atoms with Crippen molar-refractivity contribution in [2.75, 3.05) is 0 Å². The van der Waals surface area contributed by atoms with E-state index < -0.39 is 0 Å². The van der Waals surface area contributed by atoms with E-state index in [1.165, 1.54) is 33.4 Å². The topological polar surface area (TPSA) is 12.9 Å². The Balaban J connectivity index is 2.30. The molecule has 0 saturated heterocycles. The number of nitrogens with zero attached hydrogens (tertiary/aromatic N) is 1. The monoisotopic (exact) mass is 301 g/mol. The predicted octanol–water partition coefficient (Wildman–Crippen LogP) is 6.02. The minimum Gasteiger partial charge on any atom is -0.263 e. The number of hydrogen-bond donors (Lipinski definition) is 0. The number of hydrogen-bond acceptors (Lipinski definition) is 1. The van der Waals surface area contributed by atoms with E-state index in [1.54, 1.807) is 0 Å². The molecular weight excluding hydrogens is 278 g/mol. The molecule has 1 heteroatoms. The summed E-state index contributed by atoms with van der Waals surface area (Å²) in [5.41, 5.74) is 7.56. The van der Waals surface area contributed by atoms with Gasteiger partial charge in [-0.25, -0.2) is 0 Å². The van der Waals surface area contributed by atoms with E-state index >= 15 is 0 Å². The molecule has 3 rings (SSSR count). The van der Waals surface area contributed by atoms with Crippen LogP contribution in [0.2, 0.25) is 0 Å². The third-order valence-electron chi connectivity index (χ3n) is 4.11. The van der Waals surface area contributed by atoms with Gasteiger partial charge in [0, 0.05) is 23.5 Å². The summed E-state index contributed by atoms with van der Waals surface area (Å²) in [5.74, 6) is 0. The van der Waals surface area contributed by atoms with Gasteiger partial charge in [-0.05, 0) is 29.0 Å². The lowest BCUT2D eigenvalue weighted by molar-refractivity contribution is 0.593. The fraction of sp³-hybridized carbons (Fsp3) is 0.227. The van der Waals surface area contributed by atoms with Crippen molar-refractivity contribution in [1.29, 1.82) is 0 Å². The molecule has 0 saturated carbocycles. The first-order chi connectivity index (χ1) is 11.0. The zero-order valence-electron chi connectivity index (χ0n) is 14.3. The zero-order valence-corrected chi connectivity index (χ0v) is 14.3. The highest BCUT2D eigenvalue weighted by Crippen LogP contribution is 2.39. The van der Waals surface area contributed by atoms with Crippen molar-refractivity contribution in [2.45, 2.75) is 33.1 Å². The fourth-order valence-electron chi connectivity index (χ4n) is 3.14. The Labute approximate surface area is 139 Å². The highest BCUT2D eigenvalue weighted by Gasteiger charge is 2.23. The number of aryl methyl sites for hydroxylation is 1. The standard InChI is InChI=1S/C22H23N/c1-16-9-8-12-18(13-16)20-15-23-14-19(21(20)22(2,3)4)17-10-6-5-7-11-17/h5-15H,1-4H3. The lowest BCUT2D eigenvalue weighted by Crippen LogP contribution is -2.15. The van der Waals surface area contributed by atoms with Crippen molar-refractivity contribution >= 4 is 0 Å². The second kappa shape index (κ2) is 6.00. The molecule has 0 unspecified atom stereocenters. The summed E-state index contributed by atoms with van der Waals surface area (Å²) in [7, 11) is 0. The third kappa shape index (κ3) is 3.19. The maximum Gasteiger partial charge on any atom is 0.0349 e. The minimum atomic E-state index is 0.0349. The van der Waals surface area contributed by atoms with Gasteiger partial charge in [0.05, 0.1) is 0 Å². The van der Waals surface area contributed by atoms with Gasteiger partial charge < -0.3 is 0 Å². The summed E-state index contributed by atoms with van der Waals surface area (Å²) in [6, 6.07) is 19.2. The quantitative estimate of drug-likeness (QED) is 0.564. The molecule has 0 spiro atoms. The smallest absolute Gasteiger partial charge is 0.0349 e. The normalized spacial score (nSPS) is 11.5. The fourth-order valence-corrected chi connectivity index (χ4v) is 3.14. The van der Waals surface area contributed by atoms with Gasteiger partial charge in [0.2, 0.25) is 0 Å². The summed E-state index contributed by atoms with van der Waals surface area (Å²) >= 11 is 0. The van der Waals surface area contributed by atoms with Crippen LogP contribution in [-0.4, -0.2) is 4.98 Å². The SMILES string of the molecule is Cc1cccc(-c2cncc(-c3ccccc3)c2C(C)(C)C)c1. The van der Waals surface area contributed by atoms with Crippen LogP contribution in [0.25, 0.3) is 22.3 Å². The van der Waals surface area contributed by atoms with Gasteiger partial charge >= 0.3 is 0 Å². The van der Waals surface area contributed by atoms with Crippen LogP contribution < -0.4 is 0 Å². The van der Waals surface area contributed by atoms with Crippen molar-refractivity contribution in [3.05, 3.63) is 78.1 Å². The molecule has 1 nitrogen and oxygen atoms in total. The average molecular weight is 301 g/mol. The van der Waals surface area contributed by atoms with E-state index in [9.17, 15) is 0 Å².